The van der Waals surface area contributed by atoms with Gasteiger partial charge in [0.2, 0.25) is 11.8 Å². The number of nitrogens with one attached hydrogen (secondary N) is 2. The molecule has 3 aromatic heterocycles. The molecule has 5 rings (SSSR count). The van der Waals surface area contributed by atoms with Gasteiger partial charge in [0.15, 0.2) is 0 Å². The van der Waals surface area contributed by atoms with Crippen LogP contribution in [0.5, 0.6) is 5.88 Å². The highest BCUT2D eigenvalue weighted by Gasteiger charge is 2.31. The van der Waals surface area contributed by atoms with E-state index in [1.54, 1.807) is 25.4 Å². The van der Waals surface area contributed by atoms with Gasteiger partial charge in [-0.2, -0.15) is 0 Å². The van der Waals surface area contributed by atoms with Gasteiger partial charge in [-0.25, -0.2) is 9.97 Å². The monoisotopic (exact) mass is 494 g/mol. The van der Waals surface area contributed by atoms with Crippen molar-refractivity contribution >= 4 is 34.5 Å². The first-order valence-electron chi connectivity index (χ1n) is 11.9. The number of aliphatic hydroxyl groups is 1. The summed E-state index contributed by atoms with van der Waals surface area (Å²) in [6, 6.07) is 9.39. The molecule has 35 heavy (non-hydrogen) atoms. The summed E-state index contributed by atoms with van der Waals surface area (Å²) in [6.45, 7) is 0.647. The van der Waals surface area contributed by atoms with Crippen molar-refractivity contribution in [2.45, 2.75) is 55.3 Å². The highest BCUT2D eigenvalue weighted by atomic mass is 32.2. The fraction of sp³-hybridized carbons (Fsp3) is 0.440. The van der Waals surface area contributed by atoms with Gasteiger partial charge in [-0.1, -0.05) is 0 Å². The number of methoxy groups -OCH3 is 1. The summed E-state index contributed by atoms with van der Waals surface area (Å²) >= 11 is 1.52. The first kappa shape index (κ1) is 23.9. The Morgan fingerprint density at radius 2 is 2.03 bits per heavy atom. The topological polar surface area (TPSA) is 135 Å². The van der Waals surface area contributed by atoms with Crippen LogP contribution in [-0.2, 0) is 11.3 Å². The first-order valence-corrected chi connectivity index (χ1v) is 12.9. The highest BCUT2D eigenvalue weighted by molar-refractivity contribution is 8.00. The predicted octanol–water partition coefficient (Wildman–Crippen LogP) is 2.79. The highest BCUT2D eigenvalue weighted by Crippen LogP contribution is 2.34. The van der Waals surface area contributed by atoms with E-state index in [2.05, 4.69) is 25.6 Å². The molecule has 1 fully saturated rings. The number of hydrogen-bond acceptors (Lipinski definition) is 9. The molecule has 5 N–H and O–H groups in total. The Kier molecular flexibility index (Phi) is 7.14. The van der Waals surface area contributed by atoms with E-state index in [1.165, 1.54) is 11.8 Å². The Labute approximate surface area is 208 Å². The van der Waals surface area contributed by atoms with Crippen molar-refractivity contribution in [3.05, 3.63) is 47.8 Å². The van der Waals surface area contributed by atoms with Crippen LogP contribution in [0.1, 0.15) is 43.0 Å². The lowest BCUT2D eigenvalue weighted by Crippen LogP contribution is -2.41. The van der Waals surface area contributed by atoms with Gasteiger partial charge in [0.1, 0.15) is 5.82 Å². The first-order chi connectivity index (χ1) is 17.0. The number of ether oxygens (including phenoxy) is 1. The van der Waals surface area contributed by atoms with Crippen LogP contribution in [0.2, 0.25) is 0 Å². The molecular weight excluding hydrogens is 464 g/mol. The van der Waals surface area contributed by atoms with Crippen molar-refractivity contribution < 1.29 is 14.6 Å². The molecule has 3 aromatic rings. The zero-order valence-corrected chi connectivity index (χ0v) is 20.4. The Hall–Kier alpha value is -2.79. The summed E-state index contributed by atoms with van der Waals surface area (Å²) < 4.78 is 5.25. The number of aliphatic hydroxyl groups excluding tert-OH is 1. The standard InChI is InChI=1S/C25H30N6O3S/c1-34-21-9-7-18-23(31-21)17(10-11-27-18)24(33)22(26)14-2-4-15(5-3-14)28-12-16-6-8-19-25(29-16)30-20(32)13-35-19/h6-11,14-15,22,24,28,33H,2-5,12-13,26H2,1H3,(H,29,30,32). The van der Waals surface area contributed by atoms with Crippen molar-refractivity contribution in [2.75, 3.05) is 18.2 Å². The number of anilines is 1. The van der Waals surface area contributed by atoms with Crippen LogP contribution in [0.15, 0.2) is 41.4 Å². The van der Waals surface area contributed by atoms with E-state index in [1.807, 2.05) is 18.2 Å². The molecule has 0 radical (unpaired) electrons. The van der Waals surface area contributed by atoms with Crippen LogP contribution in [-0.4, -0.2) is 50.9 Å². The average Bonchev–Trinajstić information content (AvgIpc) is 2.90. The van der Waals surface area contributed by atoms with Crippen LogP contribution in [0.4, 0.5) is 5.82 Å². The Morgan fingerprint density at radius 1 is 1.20 bits per heavy atom. The zero-order valence-electron chi connectivity index (χ0n) is 19.6. The summed E-state index contributed by atoms with van der Waals surface area (Å²) in [5.74, 6) is 1.78. The quantitative estimate of drug-likeness (QED) is 0.391. The molecular formula is C25H30N6O3S. The molecule has 4 heterocycles. The number of nitrogens with zero attached hydrogens (tertiary/aromatic N) is 3. The van der Waals surface area contributed by atoms with Gasteiger partial charge in [0.25, 0.3) is 0 Å². The van der Waals surface area contributed by atoms with Crippen molar-refractivity contribution in [1.29, 1.82) is 0 Å². The summed E-state index contributed by atoms with van der Waals surface area (Å²) in [4.78, 5) is 26.1. The minimum Gasteiger partial charge on any atom is -0.481 e. The third kappa shape index (κ3) is 5.25. The van der Waals surface area contributed by atoms with Gasteiger partial charge in [-0.15, -0.1) is 11.8 Å². The second kappa shape index (κ2) is 10.4. The number of rotatable bonds is 7. The third-order valence-corrected chi connectivity index (χ3v) is 7.95. The summed E-state index contributed by atoms with van der Waals surface area (Å²) in [6.07, 6.45) is 4.67. The van der Waals surface area contributed by atoms with Crippen molar-refractivity contribution in [1.82, 2.24) is 20.3 Å². The number of fused-ring (bicyclic) bond motifs is 2. The molecule has 10 heteroatoms. The number of carbonyl (C=O) groups excluding carboxylic acids is 1. The zero-order chi connectivity index (χ0) is 24.4. The maximum atomic E-state index is 11.6. The molecule has 184 valence electrons. The van der Waals surface area contributed by atoms with E-state index < -0.39 is 12.1 Å². The number of hydrogen-bond donors (Lipinski definition) is 4. The predicted molar refractivity (Wildman–Crippen MR) is 135 cm³/mol. The van der Waals surface area contributed by atoms with Crippen LogP contribution in [0, 0.1) is 5.92 Å². The number of carbonyl (C=O) groups is 1. The van der Waals surface area contributed by atoms with Gasteiger partial charge in [0, 0.05) is 36.5 Å². The minimum absolute atomic E-state index is 0.00774. The Bertz CT molecular complexity index is 1220. The molecule has 0 aromatic carbocycles. The van der Waals surface area contributed by atoms with Crippen molar-refractivity contribution in [3.8, 4) is 5.88 Å². The fourth-order valence-electron chi connectivity index (χ4n) is 4.90. The number of amides is 1. The molecule has 0 bridgehead atoms. The van der Waals surface area contributed by atoms with Crippen LogP contribution in [0.25, 0.3) is 11.0 Å². The smallest absolute Gasteiger partial charge is 0.235 e. The average molecular weight is 495 g/mol. The summed E-state index contributed by atoms with van der Waals surface area (Å²) in [5, 5.41) is 17.6. The lowest BCUT2D eigenvalue weighted by molar-refractivity contribution is -0.113. The molecule has 2 aliphatic rings. The lowest BCUT2D eigenvalue weighted by atomic mass is 9.79. The second-order valence-electron chi connectivity index (χ2n) is 9.12. The number of thioether (sulfide) groups is 1. The van der Waals surface area contributed by atoms with Gasteiger partial charge in [0.05, 0.1) is 40.6 Å². The molecule has 1 amide bonds. The largest absolute Gasteiger partial charge is 0.481 e. The molecule has 2 unspecified atom stereocenters. The van der Waals surface area contributed by atoms with E-state index in [-0.39, 0.29) is 11.8 Å². The third-order valence-electron chi connectivity index (χ3n) is 6.90. The summed E-state index contributed by atoms with van der Waals surface area (Å²) in [5.41, 5.74) is 9.50. The molecule has 0 saturated heterocycles. The molecule has 0 spiro atoms. The fourth-order valence-corrected chi connectivity index (χ4v) is 5.66. The van der Waals surface area contributed by atoms with Crippen LogP contribution < -0.4 is 21.1 Å². The maximum absolute atomic E-state index is 11.6. The van der Waals surface area contributed by atoms with Crippen molar-refractivity contribution in [2.24, 2.45) is 11.7 Å². The van der Waals surface area contributed by atoms with Gasteiger partial charge >= 0.3 is 0 Å². The normalized spacial score (nSPS) is 21.7. The molecule has 9 nitrogen and oxygen atoms in total. The van der Waals surface area contributed by atoms with E-state index in [0.717, 1.165) is 36.3 Å². The number of nitrogens with two attached hydrogens (primary N) is 1. The van der Waals surface area contributed by atoms with Gasteiger partial charge < -0.3 is 26.2 Å². The maximum Gasteiger partial charge on any atom is 0.235 e. The van der Waals surface area contributed by atoms with Crippen LogP contribution >= 0.6 is 11.8 Å². The summed E-state index contributed by atoms with van der Waals surface area (Å²) in [7, 11) is 1.57. The Morgan fingerprint density at radius 3 is 2.83 bits per heavy atom. The Balaban J connectivity index is 1.17. The molecule has 1 aliphatic carbocycles. The number of pyridine rings is 3. The molecule has 2 atom stereocenters. The van der Waals surface area contributed by atoms with E-state index in [9.17, 15) is 9.90 Å². The second-order valence-corrected chi connectivity index (χ2v) is 10.1. The van der Waals surface area contributed by atoms with Crippen molar-refractivity contribution in [3.63, 3.8) is 0 Å². The minimum atomic E-state index is -0.831. The molecule has 1 aliphatic heterocycles. The SMILES string of the molecule is COc1ccc2nccc(C(O)C(N)C3CCC(NCc4ccc5c(n4)NC(=O)CS5)CC3)c2n1. The van der Waals surface area contributed by atoms with E-state index in [4.69, 9.17) is 10.5 Å². The van der Waals surface area contributed by atoms with Gasteiger partial charge in [-0.05, 0) is 55.9 Å². The van der Waals surface area contributed by atoms with E-state index in [0.29, 0.717) is 46.6 Å². The van der Waals surface area contributed by atoms with Crippen LogP contribution in [0.3, 0.4) is 0 Å². The van der Waals surface area contributed by atoms with E-state index >= 15 is 0 Å². The molecule has 1 saturated carbocycles. The lowest BCUT2D eigenvalue weighted by Gasteiger charge is -2.34. The number of aromatic nitrogens is 3. The van der Waals surface area contributed by atoms with Gasteiger partial charge in [-0.3, -0.25) is 9.78 Å².